The first-order chi connectivity index (χ1) is 19.7. The Hall–Kier alpha value is -4.06. The van der Waals surface area contributed by atoms with Crippen molar-refractivity contribution in [2.75, 3.05) is 31.6 Å². The minimum absolute atomic E-state index is 0.107. The second kappa shape index (κ2) is 12.0. The molecule has 0 radical (unpaired) electrons. The van der Waals surface area contributed by atoms with Crippen molar-refractivity contribution in [3.63, 3.8) is 0 Å². The third kappa shape index (κ3) is 5.76. The van der Waals surface area contributed by atoms with E-state index in [1.165, 1.54) is 35.2 Å². The topological polar surface area (TPSA) is 54.4 Å². The predicted molar refractivity (Wildman–Crippen MR) is 160 cm³/mol. The van der Waals surface area contributed by atoms with Crippen molar-refractivity contribution in [2.45, 2.75) is 51.5 Å². The maximum absolute atomic E-state index is 13.6. The molecule has 0 N–H and O–H groups in total. The fourth-order valence-electron chi connectivity index (χ4n) is 6.02. The van der Waals surface area contributed by atoms with Crippen LogP contribution in [0.3, 0.4) is 0 Å². The van der Waals surface area contributed by atoms with Gasteiger partial charge in [-0.25, -0.2) is 4.99 Å². The number of ether oxygens (including phenoxy) is 2. The standard InChI is InChI=1S/C34H37N3O3/c1-39-30-16-14-25(15-17-30)9-5-6-20-37-33(38)31(40-34(37)35-24-26-10-3-2-4-11-26)23-27-21-28-12-7-18-36-19-8-13-29(22-27)32(28)36/h2-4,10-11,14-17,21-23H,5-9,12-13,18-20,24H2,1H3. The molecular formula is C34H37N3O3. The number of carbonyl (C=O) groups excluding carboxylic acids is 1. The average molecular weight is 536 g/mol. The molecule has 3 aromatic rings. The number of unbranched alkanes of at least 4 members (excludes halogenated alkanes) is 1. The number of nitrogens with zero attached hydrogens (tertiary/aromatic N) is 3. The van der Waals surface area contributed by atoms with Crippen LogP contribution in [0.1, 0.15) is 53.5 Å². The predicted octanol–water partition coefficient (Wildman–Crippen LogP) is 6.17. The van der Waals surface area contributed by atoms with Gasteiger partial charge in [0.2, 0.25) is 0 Å². The fourth-order valence-corrected chi connectivity index (χ4v) is 6.02. The molecule has 0 atom stereocenters. The van der Waals surface area contributed by atoms with E-state index in [1.807, 2.05) is 48.5 Å². The smallest absolute Gasteiger partial charge is 0.300 e. The fraction of sp³-hybridized carbons (Fsp3) is 0.353. The van der Waals surface area contributed by atoms with E-state index < -0.39 is 0 Å². The highest BCUT2D eigenvalue weighted by atomic mass is 16.5. The van der Waals surface area contributed by atoms with Gasteiger partial charge >= 0.3 is 6.02 Å². The van der Waals surface area contributed by atoms with Gasteiger partial charge in [0.25, 0.3) is 5.91 Å². The Morgan fingerprint density at radius 1 is 0.925 bits per heavy atom. The van der Waals surface area contributed by atoms with Crippen molar-refractivity contribution in [2.24, 2.45) is 4.99 Å². The Bertz CT molecular complexity index is 1380. The molecule has 6 heteroatoms. The van der Waals surface area contributed by atoms with Crippen LogP contribution in [0.5, 0.6) is 5.75 Å². The molecule has 6 rings (SSSR count). The van der Waals surface area contributed by atoms with E-state index in [1.54, 1.807) is 12.0 Å². The lowest BCUT2D eigenvalue weighted by molar-refractivity contribution is -0.122. The molecule has 1 fully saturated rings. The monoisotopic (exact) mass is 535 g/mol. The maximum Gasteiger partial charge on any atom is 0.300 e. The molecule has 0 unspecified atom stereocenters. The van der Waals surface area contributed by atoms with Crippen LogP contribution in [0.2, 0.25) is 0 Å². The van der Waals surface area contributed by atoms with Crippen LogP contribution in [-0.4, -0.2) is 43.6 Å². The number of hydrogen-bond acceptors (Lipinski definition) is 5. The summed E-state index contributed by atoms with van der Waals surface area (Å²) >= 11 is 0. The summed E-state index contributed by atoms with van der Waals surface area (Å²) in [6.07, 6.45) is 9.24. The Morgan fingerprint density at radius 2 is 1.65 bits per heavy atom. The summed E-state index contributed by atoms with van der Waals surface area (Å²) in [5.41, 5.74) is 7.62. The molecular weight excluding hydrogens is 498 g/mol. The Kier molecular flexibility index (Phi) is 7.85. The molecule has 206 valence electrons. The molecule has 1 saturated heterocycles. The number of aliphatic imine (C=N–C) groups is 1. The van der Waals surface area contributed by atoms with Gasteiger partial charge in [0.05, 0.1) is 13.7 Å². The lowest BCUT2D eigenvalue weighted by atomic mass is 9.90. The van der Waals surface area contributed by atoms with Crippen molar-refractivity contribution in [3.05, 3.63) is 100 Å². The highest BCUT2D eigenvalue weighted by molar-refractivity contribution is 6.11. The second-order valence-corrected chi connectivity index (χ2v) is 10.8. The zero-order valence-electron chi connectivity index (χ0n) is 23.3. The van der Waals surface area contributed by atoms with Crippen LogP contribution < -0.4 is 9.64 Å². The number of anilines is 1. The molecule has 3 aliphatic heterocycles. The van der Waals surface area contributed by atoms with E-state index in [0.717, 1.165) is 62.1 Å². The normalized spacial score (nSPS) is 18.3. The first kappa shape index (κ1) is 26.2. The number of methoxy groups -OCH3 is 1. The number of amides is 1. The quantitative estimate of drug-likeness (QED) is 0.243. The van der Waals surface area contributed by atoms with Crippen molar-refractivity contribution in [3.8, 4) is 5.75 Å². The molecule has 3 heterocycles. The van der Waals surface area contributed by atoms with Crippen molar-refractivity contribution in [1.29, 1.82) is 0 Å². The molecule has 0 aromatic heterocycles. The van der Waals surface area contributed by atoms with Gasteiger partial charge in [0.15, 0.2) is 5.76 Å². The van der Waals surface area contributed by atoms with E-state index in [0.29, 0.717) is 24.9 Å². The molecule has 0 spiro atoms. The highest BCUT2D eigenvalue weighted by Gasteiger charge is 2.34. The summed E-state index contributed by atoms with van der Waals surface area (Å²) in [6, 6.07) is 23.2. The lowest BCUT2D eigenvalue weighted by Crippen LogP contribution is -2.34. The largest absolute Gasteiger partial charge is 0.497 e. The van der Waals surface area contributed by atoms with Crippen LogP contribution in [0, 0.1) is 0 Å². The number of amidine groups is 1. The maximum atomic E-state index is 13.6. The molecule has 3 aromatic carbocycles. The summed E-state index contributed by atoms with van der Waals surface area (Å²) in [7, 11) is 1.68. The number of hydrogen-bond donors (Lipinski definition) is 0. The highest BCUT2D eigenvalue weighted by Crippen LogP contribution is 2.37. The molecule has 1 amide bonds. The van der Waals surface area contributed by atoms with Gasteiger partial charge in [-0.2, -0.15) is 0 Å². The third-order valence-electron chi connectivity index (χ3n) is 8.04. The summed E-state index contributed by atoms with van der Waals surface area (Å²) in [6.45, 7) is 3.34. The van der Waals surface area contributed by atoms with Crippen LogP contribution in [-0.2, 0) is 35.3 Å². The van der Waals surface area contributed by atoms with Crippen molar-refractivity contribution in [1.82, 2.24) is 4.90 Å². The summed E-state index contributed by atoms with van der Waals surface area (Å²) in [5.74, 6) is 1.12. The first-order valence-electron chi connectivity index (χ1n) is 14.5. The summed E-state index contributed by atoms with van der Waals surface area (Å²) in [5, 5.41) is 0. The number of carbonyl (C=O) groups is 1. The Balaban J connectivity index is 1.19. The lowest BCUT2D eigenvalue weighted by Gasteiger charge is -2.37. The van der Waals surface area contributed by atoms with E-state index in [2.05, 4.69) is 29.2 Å². The van der Waals surface area contributed by atoms with Gasteiger partial charge in [0.1, 0.15) is 5.75 Å². The van der Waals surface area contributed by atoms with Gasteiger partial charge in [-0.1, -0.05) is 42.5 Å². The van der Waals surface area contributed by atoms with E-state index >= 15 is 0 Å². The molecule has 40 heavy (non-hydrogen) atoms. The van der Waals surface area contributed by atoms with Crippen LogP contribution in [0.25, 0.3) is 6.08 Å². The SMILES string of the molecule is COc1ccc(CCCCN2C(=O)C(=Cc3cc4c5c(c3)CCCN5CCC4)OC2=NCc2ccccc2)cc1. The molecule has 0 bridgehead atoms. The van der Waals surface area contributed by atoms with Crippen LogP contribution in [0.15, 0.2) is 77.5 Å². The molecule has 6 nitrogen and oxygen atoms in total. The van der Waals surface area contributed by atoms with Gasteiger partial charge in [-0.3, -0.25) is 9.69 Å². The molecule has 0 saturated carbocycles. The molecule has 0 aliphatic carbocycles. The van der Waals surface area contributed by atoms with Crippen molar-refractivity contribution < 1.29 is 14.3 Å². The Morgan fingerprint density at radius 3 is 2.35 bits per heavy atom. The minimum Gasteiger partial charge on any atom is -0.497 e. The van der Waals surface area contributed by atoms with Crippen LogP contribution >= 0.6 is 0 Å². The third-order valence-corrected chi connectivity index (χ3v) is 8.04. The molecule has 3 aliphatic rings. The van der Waals surface area contributed by atoms with Gasteiger partial charge in [-0.05, 0) is 103 Å². The van der Waals surface area contributed by atoms with E-state index in [-0.39, 0.29) is 5.91 Å². The van der Waals surface area contributed by atoms with Crippen molar-refractivity contribution >= 4 is 23.7 Å². The van der Waals surface area contributed by atoms with Gasteiger partial charge in [-0.15, -0.1) is 0 Å². The zero-order valence-corrected chi connectivity index (χ0v) is 23.3. The van der Waals surface area contributed by atoms with E-state index in [4.69, 9.17) is 14.5 Å². The minimum atomic E-state index is -0.107. The summed E-state index contributed by atoms with van der Waals surface area (Å²) < 4.78 is 11.4. The van der Waals surface area contributed by atoms with Gasteiger partial charge < -0.3 is 14.4 Å². The zero-order chi connectivity index (χ0) is 27.3. The van der Waals surface area contributed by atoms with Crippen LogP contribution in [0.4, 0.5) is 5.69 Å². The number of benzene rings is 3. The van der Waals surface area contributed by atoms with E-state index in [9.17, 15) is 4.79 Å². The average Bonchev–Trinajstić information content (AvgIpc) is 3.28. The summed E-state index contributed by atoms with van der Waals surface area (Å²) in [4.78, 5) is 22.6. The number of aryl methyl sites for hydroxylation is 3. The first-order valence-corrected chi connectivity index (χ1v) is 14.5. The second-order valence-electron chi connectivity index (χ2n) is 10.8. The van der Waals surface area contributed by atoms with Gasteiger partial charge in [0, 0.05) is 25.3 Å². The Labute approximate surface area is 236 Å². The number of rotatable bonds is 9.